The molecule has 1 aliphatic heterocycles. The molecule has 3 amide bonds. The Morgan fingerprint density at radius 3 is 2.52 bits per heavy atom. The molecule has 0 radical (unpaired) electrons. The van der Waals surface area contributed by atoms with E-state index in [1.807, 2.05) is 13.8 Å². The van der Waals surface area contributed by atoms with Gasteiger partial charge >= 0.3 is 6.03 Å². The minimum atomic E-state index is -0.665. The topological polar surface area (TPSA) is 87.5 Å². The molecule has 0 aliphatic carbocycles. The number of hydrogen-bond donors (Lipinski definition) is 3. The molecule has 1 atom stereocenters. The number of hydrogen-bond acceptors (Lipinski definition) is 3. The van der Waals surface area contributed by atoms with Crippen LogP contribution >= 0.6 is 0 Å². The van der Waals surface area contributed by atoms with E-state index >= 15 is 0 Å². The van der Waals surface area contributed by atoms with E-state index in [0.717, 1.165) is 32.5 Å². The van der Waals surface area contributed by atoms with Gasteiger partial charge in [-0.2, -0.15) is 0 Å². The van der Waals surface area contributed by atoms with Gasteiger partial charge in [0.05, 0.1) is 0 Å². The zero-order chi connectivity index (χ0) is 18.4. The number of urea groups is 1. The predicted molar refractivity (Wildman–Crippen MR) is 99.0 cm³/mol. The second-order valence-corrected chi connectivity index (χ2v) is 7.28. The van der Waals surface area contributed by atoms with Gasteiger partial charge in [0, 0.05) is 25.7 Å². The fourth-order valence-electron chi connectivity index (χ4n) is 3.28. The standard InChI is InChI=1S/C19H30N4O2/c1-13(2)17(22-19(20)25)18(24)21-16-7-9-23(10-8-16)12-15-6-4-5-14(3)11-15/h4-6,11,13,16-17H,7-10,12H2,1-3H3,(H,21,24)(H3,20,22,25). The summed E-state index contributed by atoms with van der Waals surface area (Å²) in [6.07, 6.45) is 1.83. The summed E-state index contributed by atoms with van der Waals surface area (Å²) >= 11 is 0. The van der Waals surface area contributed by atoms with Crippen LogP contribution in [-0.4, -0.2) is 42.0 Å². The van der Waals surface area contributed by atoms with Crippen molar-refractivity contribution in [1.82, 2.24) is 15.5 Å². The van der Waals surface area contributed by atoms with Crippen LogP contribution in [0.3, 0.4) is 0 Å². The highest BCUT2D eigenvalue weighted by Gasteiger charge is 2.27. The maximum atomic E-state index is 12.4. The number of benzene rings is 1. The van der Waals surface area contributed by atoms with E-state index in [1.54, 1.807) is 0 Å². The number of piperidine rings is 1. The number of nitrogens with one attached hydrogen (secondary N) is 2. The van der Waals surface area contributed by atoms with Gasteiger partial charge in [0.25, 0.3) is 0 Å². The average molecular weight is 346 g/mol. The van der Waals surface area contributed by atoms with Crippen molar-refractivity contribution in [2.45, 2.75) is 52.2 Å². The summed E-state index contributed by atoms with van der Waals surface area (Å²) in [7, 11) is 0. The number of nitrogens with two attached hydrogens (primary N) is 1. The first-order chi connectivity index (χ1) is 11.8. The van der Waals surface area contributed by atoms with Gasteiger partial charge in [-0.25, -0.2) is 4.79 Å². The maximum Gasteiger partial charge on any atom is 0.312 e. The summed E-state index contributed by atoms with van der Waals surface area (Å²) in [5.41, 5.74) is 7.77. The van der Waals surface area contributed by atoms with Crippen LogP contribution in [0.15, 0.2) is 24.3 Å². The lowest BCUT2D eigenvalue weighted by Crippen LogP contribution is -2.54. The summed E-state index contributed by atoms with van der Waals surface area (Å²) < 4.78 is 0. The minimum absolute atomic E-state index is 0.00564. The molecule has 0 saturated carbocycles. The number of primary amides is 1. The first-order valence-corrected chi connectivity index (χ1v) is 8.99. The third kappa shape index (κ3) is 6.05. The van der Waals surface area contributed by atoms with Gasteiger partial charge in [0.1, 0.15) is 6.04 Å². The largest absolute Gasteiger partial charge is 0.352 e. The molecular formula is C19H30N4O2. The Hall–Kier alpha value is -2.08. The molecule has 0 aromatic heterocycles. The summed E-state index contributed by atoms with van der Waals surface area (Å²) in [5.74, 6) is -0.153. The summed E-state index contributed by atoms with van der Waals surface area (Å²) in [6, 6.07) is 7.48. The fourth-order valence-corrected chi connectivity index (χ4v) is 3.28. The molecule has 4 N–H and O–H groups in total. The predicted octanol–water partition coefficient (Wildman–Crippen LogP) is 1.77. The second kappa shape index (κ2) is 8.85. The molecule has 1 aromatic carbocycles. The molecule has 0 spiro atoms. The summed E-state index contributed by atoms with van der Waals surface area (Å²) in [6.45, 7) is 8.75. The molecule has 1 heterocycles. The molecule has 1 unspecified atom stereocenters. The fraction of sp³-hybridized carbons (Fsp3) is 0.579. The Kier molecular flexibility index (Phi) is 6.82. The Morgan fingerprint density at radius 2 is 1.96 bits per heavy atom. The van der Waals surface area contributed by atoms with Crippen LogP contribution in [0.25, 0.3) is 0 Å². The van der Waals surface area contributed by atoms with E-state index in [2.05, 4.69) is 46.7 Å². The van der Waals surface area contributed by atoms with Crippen LogP contribution in [0, 0.1) is 12.8 Å². The van der Waals surface area contributed by atoms with Gasteiger partial charge in [-0.3, -0.25) is 9.69 Å². The highest BCUT2D eigenvalue weighted by Crippen LogP contribution is 2.15. The smallest absolute Gasteiger partial charge is 0.312 e. The highest BCUT2D eigenvalue weighted by atomic mass is 16.2. The molecule has 1 aromatic rings. The zero-order valence-corrected chi connectivity index (χ0v) is 15.4. The van der Waals surface area contributed by atoms with E-state index in [0.29, 0.717) is 0 Å². The van der Waals surface area contributed by atoms with Gasteiger partial charge in [-0.1, -0.05) is 43.7 Å². The van der Waals surface area contributed by atoms with Crippen LogP contribution in [0.4, 0.5) is 4.79 Å². The quantitative estimate of drug-likeness (QED) is 0.733. The van der Waals surface area contributed by atoms with Crippen molar-refractivity contribution in [3.05, 3.63) is 35.4 Å². The normalized spacial score (nSPS) is 17.3. The van der Waals surface area contributed by atoms with E-state index in [-0.39, 0.29) is 17.9 Å². The first-order valence-electron chi connectivity index (χ1n) is 8.99. The summed E-state index contributed by atoms with van der Waals surface area (Å²) in [4.78, 5) is 25.9. The molecule has 1 fully saturated rings. The van der Waals surface area contributed by atoms with Gasteiger partial charge in [-0.15, -0.1) is 0 Å². The van der Waals surface area contributed by atoms with E-state index < -0.39 is 12.1 Å². The average Bonchev–Trinajstić information content (AvgIpc) is 2.54. The molecular weight excluding hydrogens is 316 g/mol. The summed E-state index contributed by atoms with van der Waals surface area (Å²) in [5, 5.41) is 5.60. The molecule has 0 bridgehead atoms. The van der Waals surface area contributed by atoms with Crippen LogP contribution in [0.5, 0.6) is 0 Å². The van der Waals surface area contributed by atoms with E-state index in [9.17, 15) is 9.59 Å². The number of nitrogens with zero attached hydrogens (tertiary/aromatic N) is 1. The Bertz CT molecular complexity index is 595. The third-order valence-electron chi connectivity index (χ3n) is 4.67. The molecule has 138 valence electrons. The van der Waals surface area contributed by atoms with Gasteiger partial charge in [-0.05, 0) is 31.2 Å². The number of carbonyl (C=O) groups excluding carboxylic acids is 2. The molecule has 1 aliphatic rings. The van der Waals surface area contributed by atoms with Crippen molar-refractivity contribution in [3.63, 3.8) is 0 Å². The molecule has 2 rings (SSSR count). The van der Waals surface area contributed by atoms with E-state index in [1.165, 1.54) is 11.1 Å². The SMILES string of the molecule is Cc1cccc(CN2CCC(NC(=O)C(NC(N)=O)C(C)C)CC2)c1. The number of aryl methyl sites for hydroxylation is 1. The number of carbonyl (C=O) groups is 2. The van der Waals surface area contributed by atoms with Gasteiger partial charge in [0.15, 0.2) is 0 Å². The van der Waals surface area contributed by atoms with Crippen molar-refractivity contribution in [2.24, 2.45) is 11.7 Å². The van der Waals surface area contributed by atoms with Crippen molar-refractivity contribution < 1.29 is 9.59 Å². The number of rotatable bonds is 6. The highest BCUT2D eigenvalue weighted by molar-refractivity contribution is 5.86. The minimum Gasteiger partial charge on any atom is -0.352 e. The Labute approximate surface area is 150 Å². The van der Waals surface area contributed by atoms with Crippen LogP contribution in [0.1, 0.15) is 37.8 Å². The molecule has 25 heavy (non-hydrogen) atoms. The number of likely N-dealkylation sites (tertiary alicyclic amines) is 1. The van der Waals surface area contributed by atoms with Crippen LogP contribution in [-0.2, 0) is 11.3 Å². The molecule has 6 heteroatoms. The van der Waals surface area contributed by atoms with Crippen LogP contribution < -0.4 is 16.4 Å². The van der Waals surface area contributed by atoms with Crippen LogP contribution in [0.2, 0.25) is 0 Å². The van der Waals surface area contributed by atoms with E-state index in [4.69, 9.17) is 5.73 Å². The lowest BCUT2D eigenvalue weighted by molar-refractivity contribution is -0.124. The first kappa shape index (κ1) is 19.2. The van der Waals surface area contributed by atoms with Gasteiger partial charge < -0.3 is 16.4 Å². The van der Waals surface area contributed by atoms with Crippen molar-refractivity contribution >= 4 is 11.9 Å². The molecule has 6 nitrogen and oxygen atoms in total. The van der Waals surface area contributed by atoms with Crippen molar-refractivity contribution in [2.75, 3.05) is 13.1 Å². The molecule has 1 saturated heterocycles. The van der Waals surface area contributed by atoms with Crippen molar-refractivity contribution in [1.29, 1.82) is 0 Å². The Balaban J connectivity index is 1.81. The van der Waals surface area contributed by atoms with Crippen molar-refractivity contribution in [3.8, 4) is 0 Å². The third-order valence-corrected chi connectivity index (χ3v) is 4.67. The maximum absolute atomic E-state index is 12.4. The zero-order valence-electron chi connectivity index (χ0n) is 15.4. The lowest BCUT2D eigenvalue weighted by atomic mass is 10.0. The van der Waals surface area contributed by atoms with Gasteiger partial charge in [0.2, 0.25) is 5.91 Å². The lowest BCUT2D eigenvalue weighted by Gasteiger charge is -2.33. The monoisotopic (exact) mass is 346 g/mol. The Morgan fingerprint density at radius 1 is 1.28 bits per heavy atom. The number of amides is 3. The second-order valence-electron chi connectivity index (χ2n) is 7.28.